The molecule has 0 fully saturated rings. The number of carbonyl (C=O) groups excluding carboxylic acids is 2. The van der Waals surface area contributed by atoms with E-state index in [1.165, 1.54) is 18.3 Å². The monoisotopic (exact) mass is 534 g/mol. The van der Waals surface area contributed by atoms with Gasteiger partial charge in [-0.3, -0.25) is 14.9 Å². The fraction of sp³-hybridized carbons (Fsp3) is 0.250. The van der Waals surface area contributed by atoms with Crippen molar-refractivity contribution in [1.82, 2.24) is 10.7 Å². The number of non-ortho nitro benzene ring substituents is 1. The van der Waals surface area contributed by atoms with Crippen molar-refractivity contribution in [3.8, 4) is 11.5 Å². The maximum Gasteiger partial charge on any atom is 0.407 e. The summed E-state index contributed by atoms with van der Waals surface area (Å²) in [6.07, 6.45) is 0.818. The molecule has 204 valence electrons. The van der Waals surface area contributed by atoms with Crippen LogP contribution in [0.2, 0.25) is 0 Å². The number of benzene rings is 3. The molecule has 11 heteroatoms. The van der Waals surface area contributed by atoms with Gasteiger partial charge in [0.05, 0.1) is 36.8 Å². The maximum atomic E-state index is 12.6. The second-order valence-corrected chi connectivity index (χ2v) is 8.18. The minimum absolute atomic E-state index is 0.00957. The Kier molecular flexibility index (Phi) is 10.8. The van der Waals surface area contributed by atoms with Gasteiger partial charge in [0.1, 0.15) is 6.61 Å². The van der Waals surface area contributed by atoms with E-state index in [0.717, 1.165) is 11.1 Å². The summed E-state index contributed by atoms with van der Waals surface area (Å²) in [5.74, 6) is 0.578. The Morgan fingerprint density at radius 1 is 0.974 bits per heavy atom. The summed E-state index contributed by atoms with van der Waals surface area (Å²) in [6, 6.07) is 19.8. The third-order valence-electron chi connectivity index (χ3n) is 5.37. The Labute approximate surface area is 225 Å². The van der Waals surface area contributed by atoms with Crippen LogP contribution in [0.4, 0.5) is 10.5 Å². The third-order valence-corrected chi connectivity index (χ3v) is 5.37. The zero-order valence-electron chi connectivity index (χ0n) is 21.7. The van der Waals surface area contributed by atoms with Crippen LogP contribution in [0.3, 0.4) is 0 Å². The van der Waals surface area contributed by atoms with E-state index in [9.17, 15) is 19.7 Å². The molecule has 0 unspecified atom stereocenters. The summed E-state index contributed by atoms with van der Waals surface area (Å²) in [5, 5.41) is 17.6. The number of nitrogens with one attached hydrogen (secondary N) is 2. The van der Waals surface area contributed by atoms with Crippen LogP contribution in [0, 0.1) is 10.1 Å². The van der Waals surface area contributed by atoms with Crippen LogP contribution in [0.15, 0.2) is 77.9 Å². The first-order valence-electron chi connectivity index (χ1n) is 12.3. The summed E-state index contributed by atoms with van der Waals surface area (Å²) >= 11 is 0. The Hall–Kier alpha value is -4.93. The second kappa shape index (κ2) is 14.7. The first kappa shape index (κ1) is 28.6. The van der Waals surface area contributed by atoms with Crippen molar-refractivity contribution in [2.45, 2.75) is 32.9 Å². The van der Waals surface area contributed by atoms with Crippen LogP contribution in [0.25, 0.3) is 0 Å². The van der Waals surface area contributed by atoms with E-state index in [-0.39, 0.29) is 25.3 Å². The van der Waals surface area contributed by atoms with Gasteiger partial charge in [-0.2, -0.15) is 5.10 Å². The Morgan fingerprint density at radius 3 is 2.38 bits per heavy atom. The normalized spacial score (nSPS) is 11.4. The van der Waals surface area contributed by atoms with E-state index in [1.54, 1.807) is 37.3 Å². The van der Waals surface area contributed by atoms with Gasteiger partial charge in [0, 0.05) is 12.1 Å². The van der Waals surface area contributed by atoms with Gasteiger partial charge in [-0.15, -0.1) is 0 Å². The average Bonchev–Trinajstić information content (AvgIpc) is 2.93. The molecule has 2 amide bonds. The maximum absolute atomic E-state index is 12.6. The van der Waals surface area contributed by atoms with Gasteiger partial charge < -0.3 is 19.5 Å². The SMILES string of the molecule is CCOC(=O)N[C@H](CC(=O)N/N=C\c1ccc(OCc2ccc([N+](=O)[O-])cc2)c(OCC)c1)c1ccccc1. The van der Waals surface area contributed by atoms with Crippen molar-refractivity contribution in [1.29, 1.82) is 0 Å². The first-order valence-corrected chi connectivity index (χ1v) is 12.3. The Morgan fingerprint density at radius 2 is 1.72 bits per heavy atom. The highest BCUT2D eigenvalue weighted by atomic mass is 16.6. The largest absolute Gasteiger partial charge is 0.490 e. The van der Waals surface area contributed by atoms with E-state index in [0.29, 0.717) is 23.7 Å². The highest BCUT2D eigenvalue weighted by molar-refractivity contribution is 5.83. The standard InChI is InChI=1S/C28H30N4O7/c1-3-37-26-16-21(12-15-25(26)39-19-20-10-13-23(14-11-20)32(35)36)18-29-31-27(33)17-24(30-28(34)38-4-2)22-8-6-5-7-9-22/h5-16,18,24H,3-4,17,19H2,1-2H3,(H,30,34)(H,31,33)/b29-18-/t24-/m1/s1. The minimum atomic E-state index is -0.609. The predicted octanol–water partition coefficient (Wildman–Crippen LogP) is 4.90. The number of ether oxygens (including phenoxy) is 3. The molecule has 39 heavy (non-hydrogen) atoms. The van der Waals surface area contributed by atoms with Gasteiger partial charge in [-0.05, 0) is 60.9 Å². The first-order chi connectivity index (χ1) is 18.9. The molecule has 0 saturated heterocycles. The molecule has 0 spiro atoms. The molecular formula is C28H30N4O7. The number of rotatable bonds is 13. The summed E-state index contributed by atoms with van der Waals surface area (Å²) in [6.45, 7) is 4.36. The summed E-state index contributed by atoms with van der Waals surface area (Å²) in [4.78, 5) is 34.9. The quantitative estimate of drug-likeness (QED) is 0.180. The van der Waals surface area contributed by atoms with Crippen LogP contribution in [-0.4, -0.2) is 36.4 Å². The van der Waals surface area contributed by atoms with Crippen molar-refractivity contribution in [2.75, 3.05) is 13.2 Å². The van der Waals surface area contributed by atoms with Crippen molar-refractivity contribution < 1.29 is 28.7 Å². The molecule has 0 bridgehead atoms. The zero-order chi connectivity index (χ0) is 28.0. The highest BCUT2D eigenvalue weighted by Crippen LogP contribution is 2.29. The molecule has 0 heterocycles. The summed E-state index contributed by atoms with van der Waals surface area (Å²) in [7, 11) is 0. The molecular weight excluding hydrogens is 504 g/mol. The number of nitro groups is 1. The predicted molar refractivity (Wildman–Crippen MR) is 145 cm³/mol. The molecule has 0 aliphatic carbocycles. The van der Waals surface area contributed by atoms with Gasteiger partial charge in [0.2, 0.25) is 5.91 Å². The molecule has 3 aromatic carbocycles. The molecule has 0 aliphatic rings. The molecule has 0 radical (unpaired) electrons. The molecule has 11 nitrogen and oxygen atoms in total. The van der Waals surface area contributed by atoms with Gasteiger partial charge in [-0.25, -0.2) is 10.2 Å². The fourth-order valence-electron chi connectivity index (χ4n) is 3.53. The molecule has 0 saturated carbocycles. The van der Waals surface area contributed by atoms with E-state index < -0.39 is 23.0 Å². The van der Waals surface area contributed by atoms with Gasteiger partial charge >= 0.3 is 6.09 Å². The van der Waals surface area contributed by atoms with Crippen LogP contribution in [0.1, 0.15) is 43.0 Å². The Balaban J connectivity index is 1.61. The molecule has 1 atom stereocenters. The smallest absolute Gasteiger partial charge is 0.407 e. The third kappa shape index (κ3) is 9.15. The average molecular weight is 535 g/mol. The number of hydrogen-bond acceptors (Lipinski definition) is 8. The fourth-order valence-corrected chi connectivity index (χ4v) is 3.53. The van der Waals surface area contributed by atoms with Gasteiger partial charge in [-0.1, -0.05) is 30.3 Å². The van der Waals surface area contributed by atoms with Crippen molar-refractivity contribution >= 4 is 23.9 Å². The van der Waals surface area contributed by atoms with Crippen LogP contribution in [-0.2, 0) is 16.1 Å². The topological polar surface area (TPSA) is 141 Å². The zero-order valence-corrected chi connectivity index (χ0v) is 21.7. The lowest BCUT2D eigenvalue weighted by Gasteiger charge is -2.18. The molecule has 0 aliphatic heterocycles. The van der Waals surface area contributed by atoms with Crippen molar-refractivity contribution in [3.63, 3.8) is 0 Å². The number of nitro benzene ring substituents is 1. The number of alkyl carbamates (subject to hydrolysis) is 1. The van der Waals surface area contributed by atoms with Crippen LogP contribution < -0.4 is 20.2 Å². The lowest BCUT2D eigenvalue weighted by molar-refractivity contribution is -0.384. The minimum Gasteiger partial charge on any atom is -0.490 e. The van der Waals surface area contributed by atoms with Gasteiger partial charge in [0.25, 0.3) is 5.69 Å². The van der Waals surface area contributed by atoms with E-state index in [4.69, 9.17) is 14.2 Å². The van der Waals surface area contributed by atoms with Crippen LogP contribution in [0.5, 0.6) is 11.5 Å². The number of nitrogens with zero attached hydrogens (tertiary/aromatic N) is 2. The summed E-state index contributed by atoms with van der Waals surface area (Å²) in [5.41, 5.74) is 4.67. The van der Waals surface area contributed by atoms with Crippen molar-refractivity contribution in [2.24, 2.45) is 5.10 Å². The number of carbonyl (C=O) groups is 2. The van der Waals surface area contributed by atoms with Gasteiger partial charge in [0.15, 0.2) is 11.5 Å². The second-order valence-electron chi connectivity index (χ2n) is 8.18. The molecule has 3 rings (SSSR count). The highest BCUT2D eigenvalue weighted by Gasteiger charge is 2.19. The molecule has 0 aromatic heterocycles. The lowest BCUT2D eigenvalue weighted by atomic mass is 10.0. The molecule has 2 N–H and O–H groups in total. The van der Waals surface area contributed by atoms with Crippen LogP contribution >= 0.6 is 0 Å². The Bertz CT molecular complexity index is 1280. The molecule has 3 aromatic rings. The summed E-state index contributed by atoms with van der Waals surface area (Å²) < 4.78 is 16.5. The number of hydrogen-bond donors (Lipinski definition) is 2. The number of hydrazone groups is 1. The van der Waals surface area contributed by atoms with E-state index in [2.05, 4.69) is 15.8 Å². The lowest BCUT2D eigenvalue weighted by Crippen LogP contribution is -2.33. The van der Waals surface area contributed by atoms with E-state index in [1.807, 2.05) is 37.3 Å². The van der Waals surface area contributed by atoms with Crippen molar-refractivity contribution in [3.05, 3.63) is 99.6 Å². The van der Waals surface area contributed by atoms with E-state index >= 15 is 0 Å². The number of amides is 2.